The summed E-state index contributed by atoms with van der Waals surface area (Å²) in [6, 6.07) is 9.21. The van der Waals surface area contributed by atoms with Crippen molar-refractivity contribution in [1.82, 2.24) is 5.32 Å². The minimum atomic E-state index is -0.801. The van der Waals surface area contributed by atoms with Gasteiger partial charge in [0.05, 0.1) is 24.4 Å². The van der Waals surface area contributed by atoms with E-state index in [0.29, 0.717) is 29.4 Å². The number of aryl methyl sites for hydroxylation is 1. The van der Waals surface area contributed by atoms with E-state index in [1.54, 1.807) is 30.3 Å². The minimum Gasteiger partial charge on any atom is -0.493 e. The number of rotatable bonds is 5. The molecule has 0 aromatic heterocycles. The van der Waals surface area contributed by atoms with Crippen molar-refractivity contribution in [3.8, 4) is 11.5 Å². The molecule has 0 spiro atoms. The van der Waals surface area contributed by atoms with Crippen molar-refractivity contribution in [1.29, 1.82) is 0 Å². The molecule has 8 heteroatoms. The number of benzene rings is 2. The summed E-state index contributed by atoms with van der Waals surface area (Å²) in [5.41, 5.74) is 1.49. The van der Waals surface area contributed by atoms with Crippen LogP contribution in [0.4, 0.5) is 10.5 Å². The molecule has 4 amide bonds. The van der Waals surface area contributed by atoms with E-state index >= 15 is 0 Å². The van der Waals surface area contributed by atoms with Gasteiger partial charge in [-0.3, -0.25) is 14.9 Å². The van der Waals surface area contributed by atoms with Gasteiger partial charge in [0.25, 0.3) is 11.8 Å². The molecular weight excluding hydrogens is 396 g/mol. The van der Waals surface area contributed by atoms with Crippen LogP contribution in [0, 0.1) is 6.92 Å². The topological polar surface area (TPSA) is 84.9 Å². The number of ether oxygens (including phenoxy) is 2. The van der Waals surface area contributed by atoms with Crippen LogP contribution in [0.1, 0.15) is 18.1 Å². The van der Waals surface area contributed by atoms with Gasteiger partial charge in [0.2, 0.25) is 0 Å². The molecule has 1 aliphatic heterocycles. The predicted octanol–water partition coefficient (Wildman–Crippen LogP) is 3.72. The number of urea groups is 1. The molecule has 0 atom stereocenters. The molecule has 1 saturated heterocycles. The Kier molecular flexibility index (Phi) is 5.89. The average molecular weight is 415 g/mol. The second-order valence-electron chi connectivity index (χ2n) is 6.26. The van der Waals surface area contributed by atoms with Gasteiger partial charge in [-0.2, -0.15) is 0 Å². The zero-order chi connectivity index (χ0) is 21.1. The highest BCUT2D eigenvalue weighted by atomic mass is 35.5. The molecule has 2 aromatic carbocycles. The van der Waals surface area contributed by atoms with Gasteiger partial charge in [-0.25, -0.2) is 9.69 Å². The summed E-state index contributed by atoms with van der Waals surface area (Å²) in [4.78, 5) is 38.5. The third-order valence-electron chi connectivity index (χ3n) is 4.21. The predicted molar refractivity (Wildman–Crippen MR) is 109 cm³/mol. The first-order chi connectivity index (χ1) is 13.8. The van der Waals surface area contributed by atoms with E-state index < -0.39 is 17.8 Å². The van der Waals surface area contributed by atoms with E-state index in [2.05, 4.69) is 5.32 Å². The highest BCUT2D eigenvalue weighted by Crippen LogP contribution is 2.37. The zero-order valence-corrected chi connectivity index (χ0v) is 16.9. The molecule has 1 fully saturated rings. The molecule has 0 aliphatic carbocycles. The van der Waals surface area contributed by atoms with Crippen molar-refractivity contribution in [3.63, 3.8) is 0 Å². The Morgan fingerprint density at radius 2 is 1.93 bits per heavy atom. The maximum Gasteiger partial charge on any atom is 0.335 e. The zero-order valence-electron chi connectivity index (χ0n) is 16.1. The molecule has 1 aliphatic rings. The molecule has 2 aromatic rings. The quantitative estimate of drug-likeness (QED) is 0.595. The van der Waals surface area contributed by atoms with Crippen molar-refractivity contribution in [2.24, 2.45) is 0 Å². The van der Waals surface area contributed by atoms with Crippen LogP contribution in [-0.2, 0) is 9.59 Å². The lowest BCUT2D eigenvalue weighted by molar-refractivity contribution is -0.122. The third-order valence-corrected chi connectivity index (χ3v) is 4.49. The first-order valence-electron chi connectivity index (χ1n) is 8.84. The lowest BCUT2D eigenvalue weighted by atomic mass is 10.1. The molecule has 1 N–H and O–H groups in total. The number of nitrogens with one attached hydrogen (secondary N) is 1. The molecule has 0 saturated carbocycles. The minimum absolute atomic E-state index is 0.201. The van der Waals surface area contributed by atoms with Gasteiger partial charge in [-0.15, -0.1) is 0 Å². The molecule has 0 bridgehead atoms. The number of barbiturate groups is 1. The molecule has 1 heterocycles. The van der Waals surface area contributed by atoms with Crippen LogP contribution in [0.15, 0.2) is 42.0 Å². The largest absolute Gasteiger partial charge is 0.493 e. The fourth-order valence-electron chi connectivity index (χ4n) is 2.93. The monoisotopic (exact) mass is 414 g/mol. The van der Waals surface area contributed by atoms with Gasteiger partial charge >= 0.3 is 6.03 Å². The number of anilines is 1. The molecule has 7 nitrogen and oxygen atoms in total. The van der Waals surface area contributed by atoms with E-state index in [9.17, 15) is 14.4 Å². The first-order valence-corrected chi connectivity index (χ1v) is 9.22. The van der Waals surface area contributed by atoms with Gasteiger partial charge in [-0.05, 0) is 55.3 Å². The molecule has 0 radical (unpaired) electrons. The van der Waals surface area contributed by atoms with Crippen molar-refractivity contribution in [2.45, 2.75) is 13.8 Å². The second kappa shape index (κ2) is 8.36. The fraction of sp³-hybridized carbons (Fsp3) is 0.190. The Morgan fingerprint density at radius 3 is 2.59 bits per heavy atom. The number of hydrogen-bond acceptors (Lipinski definition) is 5. The highest BCUT2D eigenvalue weighted by Gasteiger charge is 2.36. The van der Waals surface area contributed by atoms with Gasteiger partial charge in [0.15, 0.2) is 11.5 Å². The van der Waals surface area contributed by atoms with Gasteiger partial charge in [0, 0.05) is 0 Å². The van der Waals surface area contributed by atoms with E-state index in [0.717, 1.165) is 10.5 Å². The lowest BCUT2D eigenvalue weighted by Gasteiger charge is -2.26. The maximum absolute atomic E-state index is 13.0. The summed E-state index contributed by atoms with van der Waals surface area (Å²) in [5.74, 6) is -0.780. The van der Waals surface area contributed by atoms with Crippen LogP contribution >= 0.6 is 11.6 Å². The van der Waals surface area contributed by atoms with Crippen molar-refractivity contribution < 1.29 is 23.9 Å². The number of carbonyl (C=O) groups excluding carboxylic acids is 3. The summed E-state index contributed by atoms with van der Waals surface area (Å²) in [6.07, 6.45) is 1.36. The Labute approximate surface area is 172 Å². The van der Waals surface area contributed by atoms with Crippen LogP contribution in [0.3, 0.4) is 0 Å². The summed E-state index contributed by atoms with van der Waals surface area (Å²) >= 11 is 6.26. The van der Waals surface area contributed by atoms with Crippen LogP contribution in [0.25, 0.3) is 6.08 Å². The third kappa shape index (κ3) is 4.09. The van der Waals surface area contributed by atoms with Crippen molar-refractivity contribution in [2.75, 3.05) is 18.6 Å². The van der Waals surface area contributed by atoms with Crippen LogP contribution in [-0.4, -0.2) is 31.6 Å². The second-order valence-corrected chi connectivity index (χ2v) is 6.67. The van der Waals surface area contributed by atoms with Crippen LogP contribution < -0.4 is 19.7 Å². The smallest absolute Gasteiger partial charge is 0.335 e. The number of nitrogens with zero attached hydrogens (tertiary/aromatic N) is 1. The van der Waals surface area contributed by atoms with E-state index in [1.807, 2.05) is 19.9 Å². The number of amides is 4. The first kappa shape index (κ1) is 20.4. The Balaban J connectivity index is 2.04. The van der Waals surface area contributed by atoms with Crippen LogP contribution in [0.5, 0.6) is 11.5 Å². The highest BCUT2D eigenvalue weighted by molar-refractivity contribution is 6.39. The van der Waals surface area contributed by atoms with Crippen molar-refractivity contribution in [3.05, 3.63) is 58.1 Å². The maximum atomic E-state index is 13.0. The van der Waals surface area contributed by atoms with Gasteiger partial charge in [-0.1, -0.05) is 23.7 Å². The molecule has 150 valence electrons. The van der Waals surface area contributed by atoms with E-state index in [4.69, 9.17) is 21.1 Å². The molecule has 0 unspecified atom stereocenters. The average Bonchev–Trinajstić information content (AvgIpc) is 2.67. The summed E-state index contributed by atoms with van der Waals surface area (Å²) in [5, 5.41) is 2.46. The number of halogens is 1. The molecule has 3 rings (SSSR count). The summed E-state index contributed by atoms with van der Waals surface area (Å²) < 4.78 is 10.8. The standard InChI is InChI=1S/C21H19ClN2O5/c1-4-29-18-16(22)10-13(11-17(18)28-3)9-15-19(25)23-21(27)24(20(15)26)14-7-5-6-12(2)8-14/h5-11H,4H2,1-3H3,(H,23,25,27)/b15-9+. The normalized spacial score (nSPS) is 15.5. The van der Waals surface area contributed by atoms with E-state index in [1.165, 1.54) is 13.2 Å². The Morgan fingerprint density at radius 1 is 1.17 bits per heavy atom. The Bertz CT molecular complexity index is 1030. The van der Waals surface area contributed by atoms with Gasteiger partial charge < -0.3 is 9.47 Å². The van der Waals surface area contributed by atoms with Crippen molar-refractivity contribution >= 4 is 41.2 Å². The summed E-state index contributed by atoms with van der Waals surface area (Å²) in [7, 11) is 1.46. The number of carbonyl (C=O) groups is 3. The number of hydrogen-bond donors (Lipinski definition) is 1. The van der Waals surface area contributed by atoms with E-state index in [-0.39, 0.29) is 10.6 Å². The Hall–Kier alpha value is -3.32. The van der Waals surface area contributed by atoms with Crippen LogP contribution in [0.2, 0.25) is 5.02 Å². The lowest BCUT2D eigenvalue weighted by Crippen LogP contribution is -2.54. The SMILES string of the molecule is CCOc1c(Cl)cc(/C=C2\C(=O)NC(=O)N(c3cccc(C)c3)C2=O)cc1OC. The summed E-state index contributed by atoms with van der Waals surface area (Å²) in [6.45, 7) is 4.05. The molecule has 29 heavy (non-hydrogen) atoms. The molecular formula is C21H19ClN2O5. The van der Waals surface area contributed by atoms with Gasteiger partial charge in [0.1, 0.15) is 5.57 Å². The fourth-order valence-corrected chi connectivity index (χ4v) is 3.21. The number of methoxy groups -OCH3 is 1. The number of imide groups is 2.